The molecular formula is C17H18N4O3. The minimum atomic E-state index is -0.890. The summed E-state index contributed by atoms with van der Waals surface area (Å²) >= 11 is 0. The highest BCUT2D eigenvalue weighted by Gasteiger charge is 2.47. The SMILES string of the molecule is O=C(O)[C@@H]1C2CCC(CC2)N1C(=O)c1ccc(-n2cnnc2)cc1. The van der Waals surface area contributed by atoms with E-state index in [1.807, 2.05) is 12.1 Å². The minimum Gasteiger partial charge on any atom is -0.480 e. The van der Waals surface area contributed by atoms with E-state index < -0.39 is 12.0 Å². The van der Waals surface area contributed by atoms with E-state index in [1.165, 1.54) is 0 Å². The maximum atomic E-state index is 12.9. The summed E-state index contributed by atoms with van der Waals surface area (Å²) < 4.78 is 1.75. The molecule has 1 atom stereocenters. The van der Waals surface area contributed by atoms with Crippen LogP contribution in [0.4, 0.5) is 0 Å². The number of benzene rings is 1. The van der Waals surface area contributed by atoms with Crippen LogP contribution in [0, 0.1) is 5.92 Å². The number of aromatic nitrogens is 3. The molecule has 3 heterocycles. The van der Waals surface area contributed by atoms with Gasteiger partial charge in [0.1, 0.15) is 18.7 Å². The lowest BCUT2D eigenvalue weighted by Gasteiger charge is -2.49. The molecular weight excluding hydrogens is 308 g/mol. The normalized spacial score (nSPS) is 25.7. The largest absolute Gasteiger partial charge is 0.480 e. The van der Waals surface area contributed by atoms with Crippen LogP contribution in [0.2, 0.25) is 0 Å². The zero-order chi connectivity index (χ0) is 16.7. The molecule has 0 spiro atoms. The van der Waals surface area contributed by atoms with Crippen molar-refractivity contribution in [3.63, 3.8) is 0 Å². The first-order valence-electron chi connectivity index (χ1n) is 8.15. The summed E-state index contributed by atoms with van der Waals surface area (Å²) in [5.41, 5.74) is 1.37. The number of carboxylic acid groups (broad SMARTS) is 1. The number of hydrogen-bond donors (Lipinski definition) is 1. The van der Waals surface area contributed by atoms with E-state index in [2.05, 4.69) is 10.2 Å². The minimum absolute atomic E-state index is 0.0427. The van der Waals surface area contributed by atoms with Gasteiger partial charge >= 0.3 is 5.97 Å². The standard InChI is InChI=1S/C17H18N4O3/c22-16(12-3-5-13(6-4-12)20-9-18-19-10-20)21-14-7-1-11(2-8-14)15(21)17(23)24/h3-6,9-11,14-15H,1-2,7-8H2,(H,23,24)/t11?,14?,15-/m0/s1. The van der Waals surface area contributed by atoms with Gasteiger partial charge in [0.15, 0.2) is 0 Å². The summed E-state index contributed by atoms with van der Waals surface area (Å²) in [5, 5.41) is 17.1. The molecule has 1 aromatic heterocycles. The molecule has 1 aromatic carbocycles. The first-order valence-corrected chi connectivity index (χ1v) is 8.15. The summed E-state index contributed by atoms with van der Waals surface area (Å²) in [5.74, 6) is -1.00. The van der Waals surface area contributed by atoms with E-state index in [1.54, 1.807) is 34.3 Å². The number of carboxylic acids is 1. The molecule has 3 fully saturated rings. The monoisotopic (exact) mass is 326 g/mol. The second-order valence-corrected chi connectivity index (χ2v) is 6.48. The Kier molecular flexibility index (Phi) is 3.55. The van der Waals surface area contributed by atoms with Crippen LogP contribution in [0.5, 0.6) is 0 Å². The fraction of sp³-hybridized carbons (Fsp3) is 0.412. The molecule has 24 heavy (non-hydrogen) atoms. The quantitative estimate of drug-likeness (QED) is 0.928. The third kappa shape index (κ3) is 2.36. The first-order chi connectivity index (χ1) is 11.6. The number of carbonyl (C=O) groups is 2. The number of aliphatic carboxylic acids is 1. The third-order valence-electron chi connectivity index (χ3n) is 5.20. The Balaban J connectivity index is 1.61. The molecule has 3 aliphatic rings. The summed E-state index contributed by atoms with van der Waals surface area (Å²) in [6, 6.07) is 6.45. The van der Waals surface area contributed by atoms with Gasteiger partial charge in [-0.2, -0.15) is 0 Å². The third-order valence-corrected chi connectivity index (χ3v) is 5.20. The Morgan fingerprint density at radius 3 is 2.21 bits per heavy atom. The van der Waals surface area contributed by atoms with E-state index in [9.17, 15) is 14.7 Å². The molecule has 1 N–H and O–H groups in total. The number of piperidine rings is 2. The lowest BCUT2D eigenvalue weighted by molar-refractivity contribution is -0.150. The molecule has 2 aliphatic heterocycles. The number of hydrogen-bond acceptors (Lipinski definition) is 4. The lowest BCUT2D eigenvalue weighted by Crippen LogP contribution is -2.60. The first kappa shape index (κ1) is 14.9. The van der Waals surface area contributed by atoms with Crippen LogP contribution in [0.1, 0.15) is 36.0 Å². The lowest BCUT2D eigenvalue weighted by atomic mass is 9.74. The van der Waals surface area contributed by atoms with Crippen molar-refractivity contribution in [3.05, 3.63) is 42.5 Å². The van der Waals surface area contributed by atoms with Gasteiger partial charge in [0, 0.05) is 17.3 Å². The van der Waals surface area contributed by atoms with Gasteiger partial charge in [-0.05, 0) is 55.9 Å². The molecule has 5 rings (SSSR count). The fourth-order valence-electron chi connectivity index (χ4n) is 4.02. The highest BCUT2D eigenvalue weighted by Crippen LogP contribution is 2.40. The van der Waals surface area contributed by atoms with Gasteiger partial charge in [-0.15, -0.1) is 10.2 Å². The van der Waals surface area contributed by atoms with Gasteiger partial charge in [0.05, 0.1) is 0 Å². The van der Waals surface area contributed by atoms with Crippen LogP contribution in [0.15, 0.2) is 36.9 Å². The van der Waals surface area contributed by atoms with Crippen molar-refractivity contribution in [1.82, 2.24) is 19.7 Å². The van der Waals surface area contributed by atoms with Gasteiger partial charge in [0.2, 0.25) is 0 Å². The zero-order valence-electron chi connectivity index (χ0n) is 13.1. The number of rotatable bonds is 3. The maximum Gasteiger partial charge on any atom is 0.326 e. The van der Waals surface area contributed by atoms with Crippen LogP contribution in [0.3, 0.4) is 0 Å². The Morgan fingerprint density at radius 1 is 1.00 bits per heavy atom. The number of fused-ring (bicyclic) bond motifs is 3. The highest BCUT2D eigenvalue weighted by molar-refractivity contribution is 5.97. The van der Waals surface area contributed by atoms with Crippen molar-refractivity contribution in [2.24, 2.45) is 5.92 Å². The van der Waals surface area contributed by atoms with E-state index >= 15 is 0 Å². The molecule has 7 heteroatoms. The Hall–Kier alpha value is -2.70. The van der Waals surface area contributed by atoms with Crippen LogP contribution in [-0.2, 0) is 4.79 Å². The maximum absolute atomic E-state index is 12.9. The van der Waals surface area contributed by atoms with Gasteiger partial charge in [-0.1, -0.05) is 0 Å². The van der Waals surface area contributed by atoms with Crippen molar-refractivity contribution in [2.45, 2.75) is 37.8 Å². The summed E-state index contributed by atoms with van der Waals surface area (Å²) in [4.78, 5) is 26.2. The summed E-state index contributed by atoms with van der Waals surface area (Å²) in [6.07, 6.45) is 6.77. The van der Waals surface area contributed by atoms with Crippen molar-refractivity contribution in [3.8, 4) is 5.69 Å². The molecule has 2 bridgehead atoms. The van der Waals surface area contributed by atoms with Crippen LogP contribution in [0.25, 0.3) is 5.69 Å². The molecule has 0 unspecified atom stereocenters. The van der Waals surface area contributed by atoms with Crippen LogP contribution in [-0.4, -0.2) is 48.7 Å². The van der Waals surface area contributed by atoms with Crippen molar-refractivity contribution in [1.29, 1.82) is 0 Å². The van der Waals surface area contributed by atoms with Crippen molar-refractivity contribution in [2.75, 3.05) is 0 Å². The Morgan fingerprint density at radius 2 is 1.62 bits per heavy atom. The number of amides is 1. The fourth-order valence-corrected chi connectivity index (χ4v) is 4.02. The molecule has 1 aliphatic carbocycles. The molecule has 1 saturated carbocycles. The predicted octanol–water partition coefficient (Wildman–Crippen LogP) is 1.74. The van der Waals surface area contributed by atoms with Gasteiger partial charge in [0.25, 0.3) is 5.91 Å². The average molecular weight is 326 g/mol. The van der Waals surface area contributed by atoms with Crippen LogP contribution < -0.4 is 0 Å². The van der Waals surface area contributed by atoms with Crippen LogP contribution >= 0.6 is 0 Å². The number of nitrogens with zero attached hydrogens (tertiary/aromatic N) is 4. The molecule has 124 valence electrons. The topological polar surface area (TPSA) is 88.3 Å². The molecule has 1 amide bonds. The Bertz CT molecular complexity index is 749. The zero-order valence-corrected chi connectivity index (χ0v) is 13.1. The second kappa shape index (κ2) is 5.74. The van der Waals surface area contributed by atoms with Crippen molar-refractivity contribution < 1.29 is 14.7 Å². The predicted molar refractivity (Wildman–Crippen MR) is 84.7 cm³/mol. The number of carbonyl (C=O) groups excluding carboxylic acids is 1. The van der Waals surface area contributed by atoms with Gasteiger partial charge < -0.3 is 10.0 Å². The molecule has 7 nitrogen and oxygen atoms in total. The van der Waals surface area contributed by atoms with Gasteiger partial charge in [-0.3, -0.25) is 9.36 Å². The molecule has 2 saturated heterocycles. The van der Waals surface area contributed by atoms with Gasteiger partial charge in [-0.25, -0.2) is 4.79 Å². The molecule has 2 aromatic rings. The average Bonchev–Trinajstić information content (AvgIpc) is 3.16. The highest BCUT2D eigenvalue weighted by atomic mass is 16.4. The van der Waals surface area contributed by atoms with E-state index in [4.69, 9.17) is 0 Å². The smallest absolute Gasteiger partial charge is 0.326 e. The van der Waals surface area contributed by atoms with E-state index in [-0.39, 0.29) is 17.9 Å². The van der Waals surface area contributed by atoms with E-state index in [0.717, 1.165) is 31.4 Å². The summed E-state index contributed by atoms with van der Waals surface area (Å²) in [7, 11) is 0. The molecule has 0 radical (unpaired) electrons. The second-order valence-electron chi connectivity index (χ2n) is 6.48. The summed E-state index contributed by atoms with van der Waals surface area (Å²) in [6.45, 7) is 0. The van der Waals surface area contributed by atoms with E-state index in [0.29, 0.717) is 5.56 Å². The van der Waals surface area contributed by atoms with Crippen molar-refractivity contribution >= 4 is 11.9 Å². The Labute approximate surface area is 138 Å².